The zero-order valence-corrected chi connectivity index (χ0v) is 14.9. The van der Waals surface area contributed by atoms with Crippen LogP contribution in [-0.2, 0) is 7.05 Å². The van der Waals surface area contributed by atoms with Crippen molar-refractivity contribution in [2.75, 3.05) is 7.11 Å². The van der Waals surface area contributed by atoms with Crippen LogP contribution in [0.5, 0.6) is 5.75 Å². The standard InChI is InChI=1S/C18H16F6N2O/c1-9-13(10(2)26(3)25-9)15-14(11-6-5-7-12(8-11)27-4)16(19,20)18(23,24)17(15,21)22/h5-8H,1-4H3. The number of rotatable bonds is 3. The highest BCUT2D eigenvalue weighted by molar-refractivity contribution is 6.02. The molecule has 146 valence electrons. The molecule has 1 aromatic carbocycles. The van der Waals surface area contributed by atoms with Gasteiger partial charge in [-0.25, -0.2) is 0 Å². The van der Waals surface area contributed by atoms with Crippen LogP contribution in [0.1, 0.15) is 22.5 Å². The summed E-state index contributed by atoms with van der Waals surface area (Å²) in [5.41, 5.74) is -3.66. The van der Waals surface area contributed by atoms with Crippen LogP contribution in [0.3, 0.4) is 0 Å². The van der Waals surface area contributed by atoms with Gasteiger partial charge in [0.2, 0.25) is 0 Å². The molecule has 0 unspecified atom stereocenters. The van der Waals surface area contributed by atoms with E-state index in [1.54, 1.807) is 0 Å². The molecule has 0 atom stereocenters. The minimum atomic E-state index is -5.59. The minimum Gasteiger partial charge on any atom is -0.497 e. The van der Waals surface area contributed by atoms with Crippen molar-refractivity contribution in [3.8, 4) is 5.75 Å². The maximum absolute atomic E-state index is 14.7. The summed E-state index contributed by atoms with van der Waals surface area (Å²) in [4.78, 5) is 0. The average molecular weight is 390 g/mol. The van der Waals surface area contributed by atoms with Crippen molar-refractivity contribution < 1.29 is 31.1 Å². The Balaban J connectivity index is 2.46. The second-order valence-electron chi connectivity index (χ2n) is 6.37. The summed E-state index contributed by atoms with van der Waals surface area (Å²) in [5.74, 6) is -15.7. The fourth-order valence-electron chi connectivity index (χ4n) is 3.35. The number of ether oxygens (including phenoxy) is 1. The molecule has 1 heterocycles. The largest absolute Gasteiger partial charge is 0.497 e. The third-order valence-electron chi connectivity index (χ3n) is 4.78. The van der Waals surface area contributed by atoms with Gasteiger partial charge in [-0.15, -0.1) is 0 Å². The van der Waals surface area contributed by atoms with Crippen LogP contribution < -0.4 is 4.74 Å². The summed E-state index contributed by atoms with van der Waals surface area (Å²) in [6, 6.07) is 4.77. The van der Waals surface area contributed by atoms with Crippen LogP contribution in [-0.4, -0.2) is 34.7 Å². The fourth-order valence-corrected chi connectivity index (χ4v) is 3.35. The van der Waals surface area contributed by atoms with Gasteiger partial charge in [-0.05, 0) is 31.5 Å². The van der Waals surface area contributed by atoms with Gasteiger partial charge in [0.05, 0.1) is 12.8 Å². The van der Waals surface area contributed by atoms with E-state index in [0.717, 1.165) is 12.1 Å². The van der Waals surface area contributed by atoms with Crippen LogP contribution in [0.25, 0.3) is 11.1 Å². The third kappa shape index (κ3) is 2.40. The molecular formula is C18H16F6N2O. The first kappa shape index (κ1) is 19.3. The van der Waals surface area contributed by atoms with Crippen LogP contribution >= 0.6 is 0 Å². The van der Waals surface area contributed by atoms with Crippen molar-refractivity contribution in [3.05, 3.63) is 46.8 Å². The highest BCUT2D eigenvalue weighted by Gasteiger charge is 2.80. The molecule has 27 heavy (non-hydrogen) atoms. The lowest BCUT2D eigenvalue weighted by molar-refractivity contribution is -0.254. The topological polar surface area (TPSA) is 27.1 Å². The SMILES string of the molecule is COc1cccc(C2=C(c3c(C)nn(C)c3C)C(F)(F)C(F)(F)C2(F)F)c1. The molecule has 0 radical (unpaired) electrons. The predicted octanol–water partition coefficient (Wildman–Crippen LogP) is 4.88. The number of aryl methyl sites for hydroxylation is 2. The van der Waals surface area contributed by atoms with E-state index in [2.05, 4.69) is 5.10 Å². The van der Waals surface area contributed by atoms with Gasteiger partial charge >= 0.3 is 17.8 Å². The molecule has 0 fully saturated rings. The molecule has 1 aromatic heterocycles. The van der Waals surface area contributed by atoms with Crippen molar-refractivity contribution in [1.82, 2.24) is 9.78 Å². The number of hydrogen-bond acceptors (Lipinski definition) is 2. The Labute approximate surface area is 151 Å². The number of benzene rings is 1. The Morgan fingerprint density at radius 3 is 2.07 bits per heavy atom. The van der Waals surface area contributed by atoms with E-state index >= 15 is 0 Å². The van der Waals surface area contributed by atoms with Crippen LogP contribution in [0, 0.1) is 13.8 Å². The predicted molar refractivity (Wildman–Crippen MR) is 87.3 cm³/mol. The van der Waals surface area contributed by atoms with E-state index in [4.69, 9.17) is 4.74 Å². The van der Waals surface area contributed by atoms with Crippen LogP contribution in [0.15, 0.2) is 24.3 Å². The zero-order chi connectivity index (χ0) is 20.4. The Morgan fingerprint density at radius 2 is 1.56 bits per heavy atom. The lowest BCUT2D eigenvalue weighted by Gasteiger charge is -2.26. The van der Waals surface area contributed by atoms with E-state index < -0.39 is 40.0 Å². The molecule has 1 aliphatic carbocycles. The summed E-state index contributed by atoms with van der Waals surface area (Å²) in [7, 11) is 2.67. The summed E-state index contributed by atoms with van der Waals surface area (Å²) < 4.78 is 93.3. The zero-order valence-electron chi connectivity index (χ0n) is 14.9. The molecule has 0 bridgehead atoms. The number of hydrogen-bond donors (Lipinski definition) is 0. The van der Waals surface area contributed by atoms with Crippen molar-refractivity contribution in [1.29, 1.82) is 0 Å². The van der Waals surface area contributed by atoms with E-state index in [1.165, 1.54) is 44.8 Å². The third-order valence-corrected chi connectivity index (χ3v) is 4.78. The maximum Gasteiger partial charge on any atom is 0.380 e. The smallest absolute Gasteiger partial charge is 0.380 e. The highest BCUT2D eigenvalue weighted by atomic mass is 19.3. The van der Waals surface area contributed by atoms with Gasteiger partial charge < -0.3 is 4.74 Å². The Bertz CT molecular complexity index is 945. The maximum atomic E-state index is 14.7. The number of halogens is 6. The second kappa shape index (κ2) is 5.77. The minimum absolute atomic E-state index is 0.0430. The lowest BCUT2D eigenvalue weighted by atomic mass is 9.93. The van der Waals surface area contributed by atoms with Crippen molar-refractivity contribution in [3.63, 3.8) is 0 Å². The average Bonchev–Trinajstić information content (AvgIpc) is 2.89. The summed E-state index contributed by atoms with van der Waals surface area (Å²) in [6.07, 6.45) is 0. The first-order chi connectivity index (χ1) is 12.4. The Morgan fingerprint density at radius 1 is 0.963 bits per heavy atom. The molecule has 0 saturated carbocycles. The molecular weight excluding hydrogens is 374 g/mol. The highest BCUT2D eigenvalue weighted by Crippen LogP contribution is 2.65. The number of nitrogens with zero attached hydrogens (tertiary/aromatic N) is 2. The second-order valence-corrected chi connectivity index (χ2v) is 6.37. The molecule has 2 aromatic rings. The molecule has 0 spiro atoms. The summed E-state index contributed by atoms with van der Waals surface area (Å²) in [5, 5.41) is 3.91. The number of allylic oxidation sites excluding steroid dienone is 2. The monoisotopic (exact) mass is 390 g/mol. The van der Waals surface area contributed by atoms with Gasteiger partial charge in [0, 0.05) is 29.5 Å². The first-order valence-corrected chi connectivity index (χ1v) is 7.91. The van der Waals surface area contributed by atoms with Crippen molar-refractivity contribution in [2.24, 2.45) is 7.05 Å². The molecule has 0 aliphatic heterocycles. The van der Waals surface area contributed by atoms with E-state index in [9.17, 15) is 26.3 Å². The molecule has 0 amide bonds. The van der Waals surface area contributed by atoms with E-state index in [0.29, 0.717) is 0 Å². The number of methoxy groups -OCH3 is 1. The summed E-state index contributed by atoms with van der Waals surface area (Å²) in [6.45, 7) is 2.67. The lowest BCUT2D eigenvalue weighted by Crippen LogP contribution is -2.49. The van der Waals surface area contributed by atoms with Crippen molar-refractivity contribution >= 4 is 11.1 Å². The van der Waals surface area contributed by atoms with Gasteiger partial charge in [0.25, 0.3) is 0 Å². The molecule has 0 N–H and O–H groups in total. The van der Waals surface area contributed by atoms with Crippen LogP contribution in [0.4, 0.5) is 26.3 Å². The fraction of sp³-hybridized carbons (Fsp3) is 0.389. The van der Waals surface area contributed by atoms with Gasteiger partial charge in [-0.3, -0.25) is 4.68 Å². The number of alkyl halides is 6. The normalized spacial score (nSPS) is 20.2. The van der Waals surface area contributed by atoms with E-state index in [1.807, 2.05) is 0 Å². The molecule has 0 saturated heterocycles. The number of aromatic nitrogens is 2. The van der Waals surface area contributed by atoms with Gasteiger partial charge in [-0.1, -0.05) is 12.1 Å². The molecule has 3 nitrogen and oxygen atoms in total. The Hall–Kier alpha value is -2.45. The van der Waals surface area contributed by atoms with Crippen molar-refractivity contribution in [2.45, 2.75) is 31.6 Å². The van der Waals surface area contributed by atoms with Gasteiger partial charge in [0.1, 0.15) is 5.75 Å². The molecule has 9 heteroatoms. The quantitative estimate of drug-likeness (QED) is 0.699. The van der Waals surface area contributed by atoms with E-state index in [-0.39, 0.29) is 17.1 Å². The molecule has 1 aliphatic rings. The Kier molecular flexibility index (Phi) is 4.13. The van der Waals surface area contributed by atoms with Gasteiger partial charge in [0.15, 0.2) is 0 Å². The van der Waals surface area contributed by atoms with Crippen LogP contribution in [0.2, 0.25) is 0 Å². The first-order valence-electron chi connectivity index (χ1n) is 7.91. The molecule has 3 rings (SSSR count). The summed E-state index contributed by atoms with van der Waals surface area (Å²) >= 11 is 0. The van der Waals surface area contributed by atoms with Gasteiger partial charge in [-0.2, -0.15) is 31.4 Å².